The third-order valence-corrected chi connectivity index (χ3v) is 3.18. The molecule has 0 saturated carbocycles. The summed E-state index contributed by atoms with van der Waals surface area (Å²) in [5.41, 5.74) is 1.34. The Kier molecular flexibility index (Phi) is 4.93. The Morgan fingerprint density at radius 2 is 1.89 bits per heavy atom. The summed E-state index contributed by atoms with van der Waals surface area (Å²) in [5, 5.41) is 5.84. The van der Waals surface area contributed by atoms with Crippen molar-refractivity contribution in [3.05, 3.63) is 48.0 Å². The lowest BCUT2D eigenvalue weighted by molar-refractivity contribution is -0.140. The molecule has 0 amide bonds. The fraction of sp³-hybridized carbons (Fsp3) is 0.312. The van der Waals surface area contributed by atoms with E-state index in [1.807, 2.05) is 0 Å². The predicted octanol–water partition coefficient (Wildman–Crippen LogP) is 2.54. The molecule has 0 bridgehead atoms. The molecule has 0 fully saturated rings. The predicted molar refractivity (Wildman–Crippen MR) is 77.2 cm³/mol. The topological polar surface area (TPSA) is 38.3 Å². The molecule has 0 aliphatic rings. The van der Waals surface area contributed by atoms with Crippen LogP contribution in [0.15, 0.2) is 42.5 Å². The van der Waals surface area contributed by atoms with Gasteiger partial charge in [-0.2, -0.15) is 0 Å². The largest absolute Gasteiger partial charge is 0.469 e. The zero-order valence-electron chi connectivity index (χ0n) is 11.2. The summed E-state index contributed by atoms with van der Waals surface area (Å²) < 4.78 is 4.59. The number of benzene rings is 2. The molecule has 19 heavy (non-hydrogen) atoms. The molecule has 0 aliphatic heterocycles. The minimum Gasteiger partial charge on any atom is -0.469 e. The molecular formula is C16H19NO2. The molecule has 2 rings (SSSR count). The first-order valence-electron chi connectivity index (χ1n) is 6.55. The van der Waals surface area contributed by atoms with Crippen molar-refractivity contribution < 1.29 is 9.53 Å². The Bertz CT molecular complexity index is 546. The van der Waals surface area contributed by atoms with Crippen LogP contribution in [0.3, 0.4) is 0 Å². The van der Waals surface area contributed by atoms with Crippen molar-refractivity contribution in [3.8, 4) is 0 Å². The van der Waals surface area contributed by atoms with Crippen molar-refractivity contribution in [2.75, 3.05) is 20.2 Å². The van der Waals surface area contributed by atoms with Crippen LogP contribution in [0.25, 0.3) is 10.8 Å². The molecule has 0 atom stereocenters. The standard InChI is InChI=1S/C16H19NO2/c1-19-16(18)10-12-17-11-9-14-7-4-6-13-5-2-3-8-15(13)14/h2-8,17H,9-12H2,1H3. The van der Waals surface area contributed by atoms with Gasteiger partial charge in [-0.05, 0) is 29.3 Å². The van der Waals surface area contributed by atoms with Gasteiger partial charge in [0.25, 0.3) is 0 Å². The first-order chi connectivity index (χ1) is 9.31. The Balaban J connectivity index is 1.86. The summed E-state index contributed by atoms with van der Waals surface area (Å²) in [6.07, 6.45) is 1.38. The molecule has 100 valence electrons. The summed E-state index contributed by atoms with van der Waals surface area (Å²) in [4.78, 5) is 11.0. The second-order valence-corrected chi connectivity index (χ2v) is 4.46. The van der Waals surface area contributed by atoms with Crippen molar-refractivity contribution in [2.45, 2.75) is 12.8 Å². The van der Waals surface area contributed by atoms with Gasteiger partial charge in [-0.15, -0.1) is 0 Å². The zero-order chi connectivity index (χ0) is 13.5. The Hall–Kier alpha value is -1.87. The zero-order valence-corrected chi connectivity index (χ0v) is 11.2. The summed E-state index contributed by atoms with van der Waals surface area (Å²) >= 11 is 0. The van der Waals surface area contributed by atoms with Gasteiger partial charge < -0.3 is 10.1 Å². The molecule has 0 radical (unpaired) electrons. The van der Waals surface area contributed by atoms with Crippen molar-refractivity contribution in [2.24, 2.45) is 0 Å². The third-order valence-electron chi connectivity index (χ3n) is 3.18. The molecule has 0 heterocycles. The van der Waals surface area contributed by atoms with Gasteiger partial charge in [-0.3, -0.25) is 4.79 Å². The number of fused-ring (bicyclic) bond motifs is 1. The number of hydrogen-bond acceptors (Lipinski definition) is 3. The van der Waals surface area contributed by atoms with Gasteiger partial charge in [-0.1, -0.05) is 42.5 Å². The van der Waals surface area contributed by atoms with Crippen LogP contribution >= 0.6 is 0 Å². The van der Waals surface area contributed by atoms with Crippen molar-refractivity contribution >= 4 is 16.7 Å². The number of methoxy groups -OCH3 is 1. The first kappa shape index (κ1) is 13.6. The normalized spacial score (nSPS) is 10.6. The number of hydrogen-bond donors (Lipinski definition) is 1. The maximum atomic E-state index is 11.0. The van der Waals surface area contributed by atoms with E-state index >= 15 is 0 Å². The van der Waals surface area contributed by atoms with Gasteiger partial charge in [0.1, 0.15) is 0 Å². The molecule has 0 saturated heterocycles. The van der Waals surface area contributed by atoms with E-state index in [0.717, 1.165) is 13.0 Å². The van der Waals surface area contributed by atoms with E-state index in [1.54, 1.807) is 0 Å². The molecule has 0 spiro atoms. The van der Waals surface area contributed by atoms with Gasteiger partial charge >= 0.3 is 5.97 Å². The van der Waals surface area contributed by atoms with Gasteiger partial charge in [0.2, 0.25) is 0 Å². The lowest BCUT2D eigenvalue weighted by atomic mass is 10.0. The van der Waals surface area contributed by atoms with Crippen molar-refractivity contribution in [1.29, 1.82) is 0 Å². The highest BCUT2D eigenvalue weighted by Gasteiger charge is 2.01. The monoisotopic (exact) mass is 257 g/mol. The Labute approximate surface area is 113 Å². The van der Waals surface area contributed by atoms with E-state index < -0.39 is 0 Å². The molecule has 0 unspecified atom stereocenters. The van der Waals surface area contributed by atoms with Crippen LogP contribution in [0.5, 0.6) is 0 Å². The Morgan fingerprint density at radius 1 is 1.11 bits per heavy atom. The minimum atomic E-state index is -0.169. The number of esters is 1. The minimum absolute atomic E-state index is 0.169. The summed E-state index contributed by atoms with van der Waals surface area (Å²) in [6.45, 7) is 1.53. The maximum absolute atomic E-state index is 11.0. The molecule has 3 heteroatoms. The average molecular weight is 257 g/mol. The van der Waals surface area contributed by atoms with Gasteiger partial charge in [0.05, 0.1) is 13.5 Å². The van der Waals surface area contributed by atoms with Crippen LogP contribution in [-0.2, 0) is 16.0 Å². The van der Waals surface area contributed by atoms with Gasteiger partial charge in [0, 0.05) is 6.54 Å². The van der Waals surface area contributed by atoms with Crippen LogP contribution in [0.4, 0.5) is 0 Å². The lowest BCUT2D eigenvalue weighted by Gasteiger charge is -2.07. The van der Waals surface area contributed by atoms with E-state index in [1.165, 1.54) is 23.4 Å². The molecule has 2 aromatic carbocycles. The van der Waals surface area contributed by atoms with Crippen molar-refractivity contribution in [3.63, 3.8) is 0 Å². The maximum Gasteiger partial charge on any atom is 0.306 e. The number of carbonyl (C=O) groups excluding carboxylic acids is 1. The summed E-state index contributed by atoms with van der Waals surface area (Å²) in [5.74, 6) is -0.169. The number of ether oxygens (including phenoxy) is 1. The molecule has 0 aromatic heterocycles. The van der Waals surface area contributed by atoms with Crippen LogP contribution in [-0.4, -0.2) is 26.2 Å². The van der Waals surface area contributed by atoms with Crippen LogP contribution in [0.2, 0.25) is 0 Å². The Morgan fingerprint density at radius 3 is 2.74 bits per heavy atom. The fourth-order valence-electron chi connectivity index (χ4n) is 2.15. The quantitative estimate of drug-likeness (QED) is 0.638. The first-order valence-corrected chi connectivity index (χ1v) is 6.55. The molecule has 0 aliphatic carbocycles. The third kappa shape index (κ3) is 3.80. The van der Waals surface area contributed by atoms with Crippen molar-refractivity contribution in [1.82, 2.24) is 5.32 Å². The second kappa shape index (κ2) is 6.90. The molecule has 3 nitrogen and oxygen atoms in total. The van der Waals surface area contributed by atoms with E-state index in [9.17, 15) is 4.79 Å². The van der Waals surface area contributed by atoms with E-state index in [2.05, 4.69) is 52.5 Å². The summed E-state index contributed by atoms with van der Waals surface area (Å²) in [6, 6.07) is 14.8. The van der Waals surface area contributed by atoms with E-state index in [0.29, 0.717) is 13.0 Å². The average Bonchev–Trinajstić information content (AvgIpc) is 2.46. The van der Waals surface area contributed by atoms with Gasteiger partial charge in [-0.25, -0.2) is 0 Å². The molecule has 2 aromatic rings. The van der Waals surface area contributed by atoms with Crippen LogP contribution in [0, 0.1) is 0 Å². The molecular weight excluding hydrogens is 238 g/mol. The highest BCUT2D eigenvalue weighted by Crippen LogP contribution is 2.18. The van der Waals surface area contributed by atoms with Gasteiger partial charge in [0.15, 0.2) is 0 Å². The number of rotatable bonds is 6. The SMILES string of the molecule is COC(=O)CCNCCc1cccc2ccccc12. The smallest absolute Gasteiger partial charge is 0.306 e. The lowest BCUT2D eigenvalue weighted by Crippen LogP contribution is -2.21. The van der Waals surface area contributed by atoms with E-state index in [-0.39, 0.29) is 5.97 Å². The van der Waals surface area contributed by atoms with E-state index in [4.69, 9.17) is 0 Å². The summed E-state index contributed by atoms with van der Waals surface area (Å²) in [7, 11) is 1.42. The number of carbonyl (C=O) groups is 1. The van der Waals surface area contributed by atoms with Crippen LogP contribution < -0.4 is 5.32 Å². The fourth-order valence-corrected chi connectivity index (χ4v) is 2.15. The highest BCUT2D eigenvalue weighted by molar-refractivity contribution is 5.85. The molecule has 1 N–H and O–H groups in total. The highest BCUT2D eigenvalue weighted by atomic mass is 16.5. The second-order valence-electron chi connectivity index (χ2n) is 4.46. The van der Waals surface area contributed by atoms with Crippen LogP contribution in [0.1, 0.15) is 12.0 Å². The number of nitrogens with one attached hydrogen (secondary N) is 1.